The topological polar surface area (TPSA) is 220 Å². The van der Waals surface area contributed by atoms with Crippen molar-refractivity contribution in [2.45, 2.75) is 169 Å². The van der Waals surface area contributed by atoms with Gasteiger partial charge in [-0.1, -0.05) is 94.3 Å². The van der Waals surface area contributed by atoms with Crippen molar-refractivity contribution in [1.82, 2.24) is 20.9 Å². The van der Waals surface area contributed by atoms with Gasteiger partial charge in [0.05, 0.1) is 25.3 Å². The number of likely N-dealkylation sites (N-methyl/N-ethyl adjacent to an activating group) is 1. The van der Waals surface area contributed by atoms with E-state index >= 15 is 9.59 Å². The monoisotopic (exact) mass is 1110 g/mol. The number of nitrogens with zero attached hydrogens (tertiary/aromatic N) is 2. The average molecular weight is 1110 g/mol. The fourth-order valence-electron chi connectivity index (χ4n) is 9.56. The molecule has 81 heavy (non-hydrogen) atoms. The molecule has 4 aromatic rings. The van der Waals surface area contributed by atoms with Crippen molar-refractivity contribution in [1.29, 1.82) is 5.26 Å². The number of alkyl carbamates (subject to hydrolysis) is 2. The lowest BCUT2D eigenvalue weighted by atomic mass is 9.87. The van der Waals surface area contributed by atoms with E-state index in [1.54, 1.807) is 90.9 Å². The van der Waals surface area contributed by atoms with Gasteiger partial charge in [0.25, 0.3) is 0 Å². The van der Waals surface area contributed by atoms with E-state index in [-0.39, 0.29) is 69.8 Å². The summed E-state index contributed by atoms with van der Waals surface area (Å²) in [7, 11) is 1.53. The van der Waals surface area contributed by atoms with E-state index < -0.39 is 64.9 Å². The number of rotatable bonds is 25. The molecule has 0 aliphatic carbocycles. The molecule has 1 aliphatic heterocycles. The maximum absolute atomic E-state index is 15.3. The maximum atomic E-state index is 15.3. The summed E-state index contributed by atoms with van der Waals surface area (Å²) in [5.41, 5.74) is 4.35. The molecule has 0 radical (unpaired) electrons. The molecule has 0 spiro atoms. The Morgan fingerprint density at radius 2 is 1.33 bits per heavy atom. The molecule has 4 aromatic carbocycles. The molecule has 1 aliphatic rings. The number of amides is 4. The summed E-state index contributed by atoms with van der Waals surface area (Å²) in [6.45, 7) is 17.1. The van der Waals surface area contributed by atoms with Crippen LogP contribution < -0.4 is 25.4 Å². The second-order valence-corrected chi connectivity index (χ2v) is 23.0. The molecule has 3 N–H and O–H groups in total. The number of nitrogens with one attached hydrogen (secondary N) is 3. The zero-order valence-corrected chi connectivity index (χ0v) is 49.3. The largest absolute Gasteiger partial charge is 0.493 e. The third-order valence-corrected chi connectivity index (χ3v) is 13.7. The van der Waals surface area contributed by atoms with Gasteiger partial charge in [0.2, 0.25) is 11.8 Å². The number of fused-ring (bicyclic) bond motifs is 5. The molecule has 0 unspecified atom stereocenters. The number of unbranched alkanes of at least 4 members (excludes halogenated alkanes) is 3. The zero-order valence-electron chi connectivity index (χ0n) is 49.3. The zero-order chi connectivity index (χ0) is 59.3. The Morgan fingerprint density at radius 3 is 1.95 bits per heavy atom. The molecule has 4 atom stereocenters. The lowest BCUT2D eigenvalue weighted by molar-refractivity contribution is -0.142. The van der Waals surface area contributed by atoms with Crippen LogP contribution in [0.1, 0.15) is 166 Å². The molecular formula is C65H85N5O11. The maximum Gasteiger partial charge on any atom is 0.407 e. The molecule has 1 heterocycles. The van der Waals surface area contributed by atoms with Gasteiger partial charge in [-0.15, -0.1) is 0 Å². The number of benzene rings is 4. The van der Waals surface area contributed by atoms with Crippen LogP contribution in [0.4, 0.5) is 9.59 Å². The smallest absolute Gasteiger partial charge is 0.407 e. The number of Topliss-reactive ketones (excluding diaryl/α,β-unsaturated/α-hetero) is 3. The number of hydrogen-bond acceptors (Lipinski definition) is 12. The summed E-state index contributed by atoms with van der Waals surface area (Å²) >= 11 is 0. The van der Waals surface area contributed by atoms with Gasteiger partial charge in [-0.05, 0) is 139 Å². The van der Waals surface area contributed by atoms with Gasteiger partial charge in [0.15, 0.2) is 17.3 Å². The van der Waals surface area contributed by atoms with E-state index in [9.17, 15) is 29.2 Å². The molecular weight excluding hydrogens is 1030 g/mol. The molecule has 5 rings (SSSR count). The summed E-state index contributed by atoms with van der Waals surface area (Å²) < 4.78 is 23.6. The number of ether oxygens (including phenoxy) is 4. The Kier molecular flexibility index (Phi) is 24.5. The van der Waals surface area contributed by atoms with Crippen LogP contribution >= 0.6 is 0 Å². The van der Waals surface area contributed by atoms with Crippen molar-refractivity contribution < 1.29 is 52.5 Å². The van der Waals surface area contributed by atoms with Crippen LogP contribution in [0.2, 0.25) is 0 Å². The third-order valence-electron chi connectivity index (χ3n) is 13.7. The fraction of sp³-hybridized carbons (Fsp3) is 0.508. The van der Waals surface area contributed by atoms with Gasteiger partial charge >= 0.3 is 12.2 Å². The lowest BCUT2D eigenvalue weighted by Crippen LogP contribution is -2.45. The summed E-state index contributed by atoms with van der Waals surface area (Å²) in [5.74, 6) is -3.03. The van der Waals surface area contributed by atoms with Crippen molar-refractivity contribution in [3.63, 3.8) is 0 Å². The van der Waals surface area contributed by atoms with Gasteiger partial charge in [-0.25, -0.2) is 9.59 Å². The first-order valence-corrected chi connectivity index (χ1v) is 28.7. The van der Waals surface area contributed by atoms with Crippen LogP contribution in [0.5, 0.6) is 11.5 Å². The number of nitriles is 1. The van der Waals surface area contributed by atoms with E-state index in [4.69, 9.17) is 18.9 Å². The van der Waals surface area contributed by atoms with Gasteiger partial charge in [-0.3, -0.25) is 24.0 Å². The first-order valence-electron chi connectivity index (χ1n) is 28.7. The second kappa shape index (κ2) is 30.9. The first-order chi connectivity index (χ1) is 38.5. The number of carbonyl (C=O) groups is 7. The minimum absolute atomic E-state index is 0.0248. The van der Waals surface area contributed by atoms with Crippen LogP contribution in [0.25, 0.3) is 22.3 Å². The molecule has 436 valence electrons. The Labute approximate surface area is 479 Å². The van der Waals surface area contributed by atoms with E-state index in [1.165, 1.54) is 17.5 Å². The first kappa shape index (κ1) is 64.3. The summed E-state index contributed by atoms with van der Waals surface area (Å²) in [4.78, 5) is 99.4. The van der Waals surface area contributed by atoms with Crippen LogP contribution in [-0.4, -0.2) is 96.8 Å². The summed E-state index contributed by atoms with van der Waals surface area (Å²) in [5, 5.41) is 17.7. The number of carbonyl (C=O) groups excluding carboxylic acids is 7. The highest BCUT2D eigenvalue weighted by Crippen LogP contribution is 2.41. The van der Waals surface area contributed by atoms with Crippen molar-refractivity contribution in [3.05, 3.63) is 107 Å². The highest BCUT2D eigenvalue weighted by molar-refractivity contribution is 6.00. The molecule has 0 saturated heterocycles. The Bertz CT molecular complexity index is 2830. The van der Waals surface area contributed by atoms with Gasteiger partial charge in [0, 0.05) is 67.8 Å². The molecule has 0 fully saturated rings. The van der Waals surface area contributed by atoms with Gasteiger partial charge in [0.1, 0.15) is 35.3 Å². The fourth-order valence-corrected chi connectivity index (χ4v) is 9.56. The summed E-state index contributed by atoms with van der Waals surface area (Å²) in [6, 6.07) is 26.2. The predicted octanol–water partition coefficient (Wildman–Crippen LogP) is 12.0. The Morgan fingerprint density at radius 1 is 0.728 bits per heavy atom. The third kappa shape index (κ3) is 20.5. The van der Waals surface area contributed by atoms with Crippen molar-refractivity contribution in [3.8, 4) is 39.8 Å². The Hall–Kier alpha value is -7.54. The lowest BCUT2D eigenvalue weighted by Gasteiger charge is -2.32. The van der Waals surface area contributed by atoms with E-state index in [0.29, 0.717) is 71.6 Å². The average Bonchev–Trinajstić information content (AvgIpc) is 3.41. The highest BCUT2D eigenvalue weighted by atomic mass is 16.6. The number of hydrogen-bond donors (Lipinski definition) is 3. The van der Waals surface area contributed by atoms with Gasteiger partial charge < -0.3 is 39.8 Å². The molecule has 4 amide bonds. The standard InChI is InChI=1S/C65H85N5O11/c1-11-13-18-44-21-24-46(25-22-44)47-26-28-48(29-27-47)55(72)42-50(19-15-17-34-67-62(76)80-64(4,5)6)61(75)70(10)59-49-30-32-58(78-36-12-2)52(41-49)51-39-45(23-31-57(51)79-37-35-68-63(77)81-65(7,8)9)40-53(54(71)20-14-16-33-66)69-60(74)43(3)38-56(59)73/h21-32,39,41,43,50,53,59H,11-20,34-38,40,42H2,1-10H3,(H,67,76)(H,68,77)(H,69,74)/t43-,50-,53+,59+/m1/s1. The quantitative estimate of drug-likeness (QED) is 0.0417. The number of aryl methyl sites for hydroxylation is 1. The van der Waals surface area contributed by atoms with Crippen molar-refractivity contribution >= 4 is 41.4 Å². The molecule has 16 heteroatoms. The second-order valence-electron chi connectivity index (χ2n) is 23.0. The molecule has 4 bridgehead atoms. The van der Waals surface area contributed by atoms with Crippen molar-refractivity contribution in [2.75, 3.05) is 33.4 Å². The predicted molar refractivity (Wildman–Crippen MR) is 313 cm³/mol. The number of ketones is 3. The van der Waals surface area contributed by atoms with Crippen LogP contribution in [0, 0.1) is 23.2 Å². The van der Waals surface area contributed by atoms with E-state index in [1.807, 2.05) is 25.1 Å². The van der Waals surface area contributed by atoms with Crippen molar-refractivity contribution in [2.24, 2.45) is 11.8 Å². The highest BCUT2D eigenvalue weighted by Gasteiger charge is 2.36. The molecule has 0 aromatic heterocycles. The Balaban J connectivity index is 1.57. The van der Waals surface area contributed by atoms with E-state index in [0.717, 1.165) is 30.4 Å². The van der Waals surface area contributed by atoms with Gasteiger partial charge in [-0.2, -0.15) is 5.26 Å². The normalized spacial score (nSPS) is 15.9. The van der Waals surface area contributed by atoms with Crippen LogP contribution in [-0.2, 0) is 41.5 Å². The SMILES string of the molecule is CCCCc1ccc(-c2ccc(C(=O)C[C@@H](CCCCNC(=O)OC(C)(C)C)C(=O)N(C)[C@@H]3C(=O)C[C@@H](C)C(=O)N[C@H](C(=O)CCCC#N)Cc4ccc(OCCNC(=O)OC(C)(C)C)c(c4)-c4cc3ccc4OCCC)cc2)cc1. The van der Waals surface area contributed by atoms with Crippen LogP contribution in [0.3, 0.4) is 0 Å². The minimum atomic E-state index is -1.28. The van der Waals surface area contributed by atoms with Crippen LogP contribution in [0.15, 0.2) is 84.9 Å². The molecule has 16 nitrogen and oxygen atoms in total. The van der Waals surface area contributed by atoms with E-state index in [2.05, 4.69) is 53.2 Å². The molecule has 0 saturated carbocycles. The minimum Gasteiger partial charge on any atom is -0.493 e. The summed E-state index contributed by atoms with van der Waals surface area (Å²) in [6.07, 6.45) is 3.94.